The quantitative estimate of drug-likeness (QED) is 0.939. The fraction of sp³-hybridized carbons (Fsp3) is 0.176. The summed E-state index contributed by atoms with van der Waals surface area (Å²) in [6, 6.07) is 11.6. The minimum atomic E-state index is -0.491. The van der Waals surface area contributed by atoms with Crippen molar-refractivity contribution >= 4 is 5.91 Å². The van der Waals surface area contributed by atoms with Gasteiger partial charge >= 0.3 is 0 Å². The fourth-order valence-corrected chi connectivity index (χ4v) is 2.14. The van der Waals surface area contributed by atoms with E-state index in [2.05, 4.69) is 5.32 Å². The number of carbonyl (C=O) groups is 1. The van der Waals surface area contributed by atoms with Crippen molar-refractivity contribution in [2.75, 3.05) is 0 Å². The minimum absolute atomic E-state index is 0.0867. The molecule has 0 aliphatic carbocycles. The molecule has 0 radical (unpaired) electrons. The zero-order valence-corrected chi connectivity index (χ0v) is 11.9. The first-order chi connectivity index (χ1) is 9.99. The van der Waals surface area contributed by atoms with Crippen molar-refractivity contribution in [3.8, 4) is 6.07 Å². The summed E-state index contributed by atoms with van der Waals surface area (Å²) in [6.07, 6.45) is 0. The first kappa shape index (κ1) is 14.7. The third-order valence-electron chi connectivity index (χ3n) is 3.11. The summed E-state index contributed by atoms with van der Waals surface area (Å²) in [5.41, 5.74) is 3.18. The summed E-state index contributed by atoms with van der Waals surface area (Å²) in [5, 5.41) is 11.4. The summed E-state index contributed by atoms with van der Waals surface area (Å²) in [7, 11) is 0. The molecule has 0 atom stereocenters. The number of rotatable bonds is 3. The van der Waals surface area contributed by atoms with Gasteiger partial charge in [0.2, 0.25) is 0 Å². The Morgan fingerprint density at radius 1 is 1.19 bits per heavy atom. The van der Waals surface area contributed by atoms with Crippen molar-refractivity contribution in [3.63, 3.8) is 0 Å². The van der Waals surface area contributed by atoms with Crippen LogP contribution in [0.4, 0.5) is 4.39 Å². The molecule has 2 rings (SSSR count). The number of hydrogen-bond acceptors (Lipinski definition) is 2. The summed E-state index contributed by atoms with van der Waals surface area (Å²) in [4.78, 5) is 12.1. The van der Waals surface area contributed by atoms with Crippen LogP contribution in [0.5, 0.6) is 0 Å². The highest BCUT2D eigenvalue weighted by Crippen LogP contribution is 2.11. The van der Waals surface area contributed by atoms with Crippen LogP contribution in [0, 0.1) is 31.0 Å². The molecule has 0 bridgehead atoms. The fourth-order valence-electron chi connectivity index (χ4n) is 2.14. The molecule has 0 unspecified atom stereocenters. The second-order valence-corrected chi connectivity index (χ2v) is 4.98. The van der Waals surface area contributed by atoms with E-state index in [1.807, 2.05) is 26.0 Å². The molecule has 0 fully saturated rings. The lowest BCUT2D eigenvalue weighted by atomic mass is 10.1. The Kier molecular flexibility index (Phi) is 4.34. The lowest BCUT2D eigenvalue weighted by Gasteiger charge is -2.08. The van der Waals surface area contributed by atoms with E-state index in [1.54, 1.807) is 12.1 Å². The summed E-state index contributed by atoms with van der Waals surface area (Å²) in [5.74, 6) is -0.736. The third kappa shape index (κ3) is 3.67. The van der Waals surface area contributed by atoms with Gasteiger partial charge in [0.15, 0.2) is 0 Å². The molecule has 0 aliphatic heterocycles. The molecule has 1 N–H and O–H groups in total. The number of carbonyl (C=O) groups excluding carboxylic acids is 1. The topological polar surface area (TPSA) is 52.9 Å². The van der Waals surface area contributed by atoms with Gasteiger partial charge in [-0.05, 0) is 38.1 Å². The van der Waals surface area contributed by atoms with Crippen molar-refractivity contribution in [2.24, 2.45) is 0 Å². The van der Waals surface area contributed by atoms with Crippen molar-refractivity contribution in [2.45, 2.75) is 20.4 Å². The second-order valence-electron chi connectivity index (χ2n) is 4.98. The molecule has 0 aromatic heterocycles. The van der Waals surface area contributed by atoms with E-state index >= 15 is 0 Å². The Labute approximate surface area is 123 Å². The number of amides is 1. The summed E-state index contributed by atoms with van der Waals surface area (Å²) < 4.78 is 13.7. The van der Waals surface area contributed by atoms with Crippen LogP contribution in [-0.2, 0) is 6.54 Å². The monoisotopic (exact) mass is 282 g/mol. The molecule has 0 saturated heterocycles. The molecule has 1 amide bonds. The Balaban J connectivity index is 2.09. The second kappa shape index (κ2) is 6.19. The summed E-state index contributed by atoms with van der Waals surface area (Å²) >= 11 is 0. The van der Waals surface area contributed by atoms with Crippen LogP contribution in [0.1, 0.15) is 32.6 Å². The highest BCUT2D eigenvalue weighted by molar-refractivity contribution is 5.94. The van der Waals surface area contributed by atoms with Crippen molar-refractivity contribution in [1.29, 1.82) is 5.26 Å². The third-order valence-corrected chi connectivity index (χ3v) is 3.11. The molecule has 4 heteroatoms. The lowest BCUT2D eigenvalue weighted by molar-refractivity contribution is 0.0950. The molecule has 0 aliphatic rings. The minimum Gasteiger partial charge on any atom is -0.348 e. The van der Waals surface area contributed by atoms with Crippen molar-refractivity contribution < 1.29 is 9.18 Å². The molecule has 0 spiro atoms. The van der Waals surface area contributed by atoms with Gasteiger partial charge in [0.1, 0.15) is 5.82 Å². The molecule has 106 valence electrons. The van der Waals surface area contributed by atoms with E-state index in [-0.39, 0.29) is 18.0 Å². The van der Waals surface area contributed by atoms with E-state index in [0.717, 1.165) is 17.2 Å². The van der Waals surface area contributed by atoms with Gasteiger partial charge in [-0.15, -0.1) is 0 Å². The van der Waals surface area contributed by atoms with Gasteiger partial charge in [0.25, 0.3) is 5.91 Å². The maximum absolute atomic E-state index is 13.7. The van der Waals surface area contributed by atoms with Gasteiger partial charge in [-0.1, -0.05) is 23.3 Å². The smallest absolute Gasteiger partial charge is 0.251 e. The normalized spacial score (nSPS) is 10.0. The number of nitrogens with one attached hydrogen (secondary N) is 1. The predicted octanol–water partition coefficient (Wildman–Crippen LogP) is 3.24. The molecule has 0 saturated carbocycles. The molecule has 2 aromatic rings. The molecule has 3 nitrogen and oxygen atoms in total. The number of nitrogens with zero attached hydrogens (tertiary/aromatic N) is 1. The highest BCUT2D eigenvalue weighted by Gasteiger charge is 2.09. The number of benzene rings is 2. The van der Waals surface area contributed by atoms with Gasteiger partial charge in [0.05, 0.1) is 11.6 Å². The molecule has 21 heavy (non-hydrogen) atoms. The van der Waals surface area contributed by atoms with Crippen molar-refractivity contribution in [3.05, 3.63) is 70.0 Å². The average molecular weight is 282 g/mol. The Morgan fingerprint density at radius 3 is 2.43 bits per heavy atom. The van der Waals surface area contributed by atoms with Gasteiger partial charge in [-0.2, -0.15) is 5.26 Å². The highest BCUT2D eigenvalue weighted by atomic mass is 19.1. The summed E-state index contributed by atoms with van der Waals surface area (Å²) in [6.45, 7) is 3.93. The standard InChI is InChI=1S/C17H15FN2O/c1-11-5-12(2)7-15(6-11)17(21)20-10-14-4-3-13(9-19)8-16(14)18/h3-8H,10H2,1-2H3,(H,20,21). The number of nitriles is 1. The Morgan fingerprint density at radius 2 is 1.86 bits per heavy atom. The van der Waals surface area contributed by atoms with Gasteiger partial charge in [-0.25, -0.2) is 4.39 Å². The zero-order valence-electron chi connectivity index (χ0n) is 11.9. The maximum atomic E-state index is 13.7. The van der Waals surface area contributed by atoms with Crippen LogP contribution in [0.2, 0.25) is 0 Å². The van der Waals surface area contributed by atoms with Gasteiger partial charge < -0.3 is 5.32 Å². The Hall–Kier alpha value is -2.67. The predicted molar refractivity (Wildman–Crippen MR) is 78.2 cm³/mol. The van der Waals surface area contributed by atoms with Crippen LogP contribution in [0.15, 0.2) is 36.4 Å². The lowest BCUT2D eigenvalue weighted by Crippen LogP contribution is -2.23. The van der Waals surface area contributed by atoms with Crippen molar-refractivity contribution in [1.82, 2.24) is 5.32 Å². The first-order valence-electron chi connectivity index (χ1n) is 6.54. The zero-order chi connectivity index (χ0) is 15.4. The van der Waals surface area contributed by atoms with Gasteiger partial charge in [0, 0.05) is 17.7 Å². The number of hydrogen-bond donors (Lipinski definition) is 1. The van der Waals surface area contributed by atoms with E-state index in [0.29, 0.717) is 11.1 Å². The van der Waals surface area contributed by atoms with E-state index < -0.39 is 5.82 Å². The van der Waals surface area contributed by atoms with E-state index in [9.17, 15) is 9.18 Å². The average Bonchev–Trinajstić information content (AvgIpc) is 2.44. The first-order valence-corrected chi connectivity index (χ1v) is 6.54. The maximum Gasteiger partial charge on any atom is 0.251 e. The molecular formula is C17H15FN2O. The largest absolute Gasteiger partial charge is 0.348 e. The van der Waals surface area contributed by atoms with Crippen LogP contribution in [0.25, 0.3) is 0 Å². The van der Waals surface area contributed by atoms with E-state index in [4.69, 9.17) is 5.26 Å². The van der Waals surface area contributed by atoms with E-state index in [1.165, 1.54) is 12.1 Å². The van der Waals surface area contributed by atoms with Crippen LogP contribution in [0.3, 0.4) is 0 Å². The number of halogens is 1. The van der Waals surface area contributed by atoms with Crippen LogP contribution in [-0.4, -0.2) is 5.91 Å². The molecular weight excluding hydrogens is 267 g/mol. The SMILES string of the molecule is Cc1cc(C)cc(C(=O)NCc2ccc(C#N)cc2F)c1. The van der Waals surface area contributed by atoms with Crippen LogP contribution < -0.4 is 5.32 Å². The van der Waals surface area contributed by atoms with Gasteiger partial charge in [-0.3, -0.25) is 4.79 Å². The molecule has 0 heterocycles. The van der Waals surface area contributed by atoms with Crippen LogP contribution >= 0.6 is 0 Å². The molecule has 2 aromatic carbocycles. The number of aryl methyl sites for hydroxylation is 2. The Bertz CT molecular complexity index is 712.